The maximum absolute atomic E-state index is 12.4. The monoisotopic (exact) mass is 314 g/mol. The maximum atomic E-state index is 12.4. The summed E-state index contributed by atoms with van der Waals surface area (Å²) in [5.41, 5.74) is 0.873. The summed E-state index contributed by atoms with van der Waals surface area (Å²) in [4.78, 5) is 22.9. The van der Waals surface area contributed by atoms with Gasteiger partial charge in [-0.1, -0.05) is 13.0 Å². The van der Waals surface area contributed by atoms with Crippen LogP contribution in [0.5, 0.6) is 0 Å². The van der Waals surface area contributed by atoms with Gasteiger partial charge in [-0.05, 0) is 30.5 Å². The second-order valence-electron chi connectivity index (χ2n) is 6.05. The number of likely N-dealkylation sites (tertiary alicyclic amines) is 1. The molecule has 3 heterocycles. The van der Waals surface area contributed by atoms with Crippen molar-refractivity contribution in [2.45, 2.75) is 25.4 Å². The second kappa shape index (κ2) is 6.91. The molecule has 2 aromatic rings. The normalized spacial score (nSPS) is 23.4. The molecular formula is C17H22N4O2. The molecule has 3 rings (SSSR count). The molecule has 6 heteroatoms. The molecule has 0 aromatic carbocycles. The van der Waals surface area contributed by atoms with Crippen molar-refractivity contribution >= 4 is 5.97 Å². The van der Waals surface area contributed by atoms with Crippen LogP contribution < -0.4 is 0 Å². The first-order valence-electron chi connectivity index (χ1n) is 7.90. The third-order valence-electron chi connectivity index (χ3n) is 4.65. The summed E-state index contributed by atoms with van der Waals surface area (Å²) in [5, 5.41) is 0. The number of methoxy groups -OCH3 is 1. The fraction of sp³-hybridized carbons (Fsp3) is 0.471. The van der Waals surface area contributed by atoms with Crippen molar-refractivity contribution in [3.05, 3.63) is 48.8 Å². The van der Waals surface area contributed by atoms with Crippen LogP contribution in [0.3, 0.4) is 0 Å². The van der Waals surface area contributed by atoms with Crippen LogP contribution in [0, 0.1) is 5.92 Å². The molecule has 1 saturated heterocycles. The van der Waals surface area contributed by atoms with Crippen LogP contribution in [0.15, 0.2) is 43.2 Å². The predicted octanol–water partition coefficient (Wildman–Crippen LogP) is 2.08. The molecule has 23 heavy (non-hydrogen) atoms. The van der Waals surface area contributed by atoms with E-state index in [1.807, 2.05) is 24.7 Å². The Labute approximate surface area is 136 Å². The molecule has 1 aliphatic rings. The van der Waals surface area contributed by atoms with Crippen molar-refractivity contribution in [1.29, 1.82) is 0 Å². The molecule has 1 fully saturated rings. The van der Waals surface area contributed by atoms with Crippen LogP contribution >= 0.6 is 0 Å². The number of rotatable bonds is 4. The van der Waals surface area contributed by atoms with Gasteiger partial charge in [0, 0.05) is 37.4 Å². The third kappa shape index (κ3) is 3.27. The number of ether oxygens (including phenoxy) is 1. The molecule has 0 spiro atoms. The van der Waals surface area contributed by atoms with Gasteiger partial charge in [-0.25, -0.2) is 9.78 Å². The summed E-state index contributed by atoms with van der Waals surface area (Å²) in [6, 6.07) is 3.67. The number of aromatic nitrogens is 3. The highest BCUT2D eigenvalue weighted by atomic mass is 16.5. The van der Waals surface area contributed by atoms with Crippen LogP contribution in [0.4, 0.5) is 0 Å². The van der Waals surface area contributed by atoms with E-state index < -0.39 is 6.04 Å². The summed E-state index contributed by atoms with van der Waals surface area (Å²) in [7, 11) is 1.44. The Hall–Kier alpha value is -2.21. The van der Waals surface area contributed by atoms with Crippen molar-refractivity contribution in [3.63, 3.8) is 0 Å². The highest BCUT2D eigenvalue weighted by Crippen LogP contribution is 2.33. The zero-order valence-corrected chi connectivity index (χ0v) is 13.5. The molecule has 0 N–H and O–H groups in total. The van der Waals surface area contributed by atoms with Gasteiger partial charge < -0.3 is 9.30 Å². The lowest BCUT2D eigenvalue weighted by molar-refractivity contribution is -0.148. The number of carbonyl (C=O) groups is 1. The van der Waals surface area contributed by atoms with Crippen molar-refractivity contribution < 1.29 is 9.53 Å². The molecule has 0 amide bonds. The van der Waals surface area contributed by atoms with Crippen LogP contribution in [0.25, 0.3) is 0 Å². The number of pyridine rings is 1. The molecule has 2 aromatic heterocycles. The van der Waals surface area contributed by atoms with E-state index >= 15 is 0 Å². The molecule has 3 atom stereocenters. The number of piperidine rings is 1. The first kappa shape index (κ1) is 15.7. The third-order valence-corrected chi connectivity index (χ3v) is 4.65. The fourth-order valence-corrected chi connectivity index (χ4v) is 3.31. The van der Waals surface area contributed by atoms with Gasteiger partial charge in [0.05, 0.1) is 13.4 Å². The number of nitrogens with zero attached hydrogens (tertiary/aromatic N) is 4. The maximum Gasteiger partial charge on any atom is 0.327 e. The van der Waals surface area contributed by atoms with Gasteiger partial charge in [0.15, 0.2) is 0 Å². The highest BCUT2D eigenvalue weighted by molar-refractivity contribution is 5.77. The van der Waals surface area contributed by atoms with Crippen molar-refractivity contribution in [3.8, 4) is 0 Å². The largest absolute Gasteiger partial charge is 0.468 e. The van der Waals surface area contributed by atoms with Gasteiger partial charge >= 0.3 is 5.97 Å². The number of hydrogen-bond donors (Lipinski definition) is 0. The highest BCUT2D eigenvalue weighted by Gasteiger charge is 2.35. The van der Waals surface area contributed by atoms with Crippen molar-refractivity contribution in [2.75, 3.05) is 20.2 Å². The first-order valence-corrected chi connectivity index (χ1v) is 7.90. The Morgan fingerprint density at radius 3 is 2.91 bits per heavy atom. The van der Waals surface area contributed by atoms with E-state index in [-0.39, 0.29) is 5.97 Å². The van der Waals surface area contributed by atoms with E-state index in [2.05, 4.69) is 26.4 Å². The van der Waals surface area contributed by atoms with Gasteiger partial charge in [0.25, 0.3) is 0 Å². The van der Waals surface area contributed by atoms with Crippen LogP contribution in [-0.2, 0) is 9.53 Å². The second-order valence-corrected chi connectivity index (χ2v) is 6.05. The van der Waals surface area contributed by atoms with E-state index in [1.54, 1.807) is 18.6 Å². The number of carbonyl (C=O) groups excluding carboxylic acids is 1. The average molecular weight is 314 g/mol. The minimum atomic E-state index is -0.410. The topological polar surface area (TPSA) is 60.2 Å². The van der Waals surface area contributed by atoms with Crippen LogP contribution in [0.2, 0.25) is 0 Å². The summed E-state index contributed by atoms with van der Waals surface area (Å²) in [5.74, 6) is 0.296. The van der Waals surface area contributed by atoms with E-state index in [1.165, 1.54) is 7.11 Å². The minimum absolute atomic E-state index is 0.239. The standard InChI is InChI=1S/C17H22N4O2/c1-13-5-8-20(11-15(13)21-9-7-19-12-21)16(17(22)23-2)14-4-3-6-18-10-14/h3-4,6-7,9-10,12-13,15-16H,5,8,11H2,1-2H3. The molecule has 0 saturated carbocycles. The number of esters is 1. The average Bonchev–Trinajstić information content (AvgIpc) is 3.11. The Kier molecular flexibility index (Phi) is 4.71. The van der Waals surface area contributed by atoms with Gasteiger partial charge in [0.2, 0.25) is 0 Å². The molecule has 122 valence electrons. The lowest BCUT2D eigenvalue weighted by Gasteiger charge is -2.40. The lowest BCUT2D eigenvalue weighted by Crippen LogP contribution is -2.45. The Bertz CT molecular complexity index is 629. The van der Waals surface area contributed by atoms with E-state index in [0.717, 1.165) is 25.1 Å². The summed E-state index contributed by atoms with van der Waals surface area (Å²) in [6.45, 7) is 3.90. The van der Waals surface area contributed by atoms with Gasteiger partial charge in [0.1, 0.15) is 6.04 Å². The summed E-state index contributed by atoms with van der Waals surface area (Å²) < 4.78 is 7.18. The van der Waals surface area contributed by atoms with E-state index in [0.29, 0.717) is 12.0 Å². The predicted molar refractivity (Wildman–Crippen MR) is 85.6 cm³/mol. The summed E-state index contributed by atoms with van der Waals surface area (Å²) in [6.07, 6.45) is 10.1. The van der Waals surface area contributed by atoms with Crippen molar-refractivity contribution in [2.24, 2.45) is 5.92 Å². The Morgan fingerprint density at radius 1 is 1.39 bits per heavy atom. The molecular weight excluding hydrogens is 292 g/mol. The van der Waals surface area contributed by atoms with Crippen molar-refractivity contribution in [1.82, 2.24) is 19.4 Å². The number of imidazole rings is 1. The number of hydrogen-bond acceptors (Lipinski definition) is 5. The SMILES string of the molecule is COC(=O)C(c1cccnc1)N1CCC(C)C(n2ccnc2)C1. The fourth-order valence-electron chi connectivity index (χ4n) is 3.31. The zero-order valence-electron chi connectivity index (χ0n) is 13.5. The first-order chi connectivity index (χ1) is 11.2. The Balaban J connectivity index is 1.86. The van der Waals surface area contributed by atoms with E-state index in [9.17, 15) is 4.79 Å². The minimum Gasteiger partial charge on any atom is -0.468 e. The molecule has 0 bridgehead atoms. The van der Waals surface area contributed by atoms with Gasteiger partial charge in [-0.3, -0.25) is 9.88 Å². The molecule has 3 unspecified atom stereocenters. The molecule has 1 aliphatic heterocycles. The lowest BCUT2D eigenvalue weighted by atomic mass is 9.91. The smallest absolute Gasteiger partial charge is 0.327 e. The molecule has 6 nitrogen and oxygen atoms in total. The van der Waals surface area contributed by atoms with E-state index in [4.69, 9.17) is 4.74 Å². The van der Waals surface area contributed by atoms with Gasteiger partial charge in [-0.15, -0.1) is 0 Å². The summed E-state index contributed by atoms with van der Waals surface area (Å²) >= 11 is 0. The quantitative estimate of drug-likeness (QED) is 0.809. The molecule has 0 radical (unpaired) electrons. The van der Waals surface area contributed by atoms with Crippen LogP contribution in [0.1, 0.15) is 31.0 Å². The molecule has 0 aliphatic carbocycles. The zero-order chi connectivity index (χ0) is 16.2. The van der Waals surface area contributed by atoms with Crippen LogP contribution in [-0.4, -0.2) is 45.6 Å². The Morgan fingerprint density at radius 2 is 2.26 bits per heavy atom. The van der Waals surface area contributed by atoms with Gasteiger partial charge in [-0.2, -0.15) is 0 Å².